The molecule has 0 aromatic heterocycles. The van der Waals surface area contributed by atoms with E-state index >= 15 is 0 Å². The van der Waals surface area contributed by atoms with Crippen LogP contribution in [0.5, 0.6) is 0 Å². The lowest BCUT2D eigenvalue weighted by atomic mass is 9.79. The van der Waals surface area contributed by atoms with Gasteiger partial charge in [-0.3, -0.25) is 9.59 Å². The SMILES string of the molecule is CNc1ccccc1N1CC(C2c3ccccc3CCc3ccccc32)N2CC(C)C(=O)C(O)=C2C1=O. The number of Topliss-reactive ketones (excluding diaryl/α,β-unsaturated/α-hetero) is 1. The van der Waals surface area contributed by atoms with Crippen LogP contribution in [0.2, 0.25) is 0 Å². The fraction of sp³-hybridized carbons (Fsp3) is 0.290. The highest BCUT2D eigenvalue weighted by atomic mass is 16.3. The second-order valence-electron chi connectivity index (χ2n) is 10.2. The zero-order valence-electron chi connectivity index (χ0n) is 21.1. The third-order valence-corrected chi connectivity index (χ3v) is 8.17. The average Bonchev–Trinajstić information content (AvgIpc) is 3.09. The van der Waals surface area contributed by atoms with Gasteiger partial charge in [-0.1, -0.05) is 67.6 Å². The fourth-order valence-electron chi connectivity index (χ4n) is 6.37. The number of aliphatic hydroxyl groups excluding tert-OH is 1. The smallest absolute Gasteiger partial charge is 0.278 e. The Kier molecular flexibility index (Phi) is 5.75. The Balaban J connectivity index is 1.58. The Labute approximate surface area is 217 Å². The van der Waals surface area contributed by atoms with Crippen molar-refractivity contribution < 1.29 is 14.7 Å². The Morgan fingerprint density at radius 1 is 0.838 bits per heavy atom. The molecule has 1 fully saturated rings. The van der Waals surface area contributed by atoms with Gasteiger partial charge in [-0.05, 0) is 47.2 Å². The van der Waals surface area contributed by atoms with Gasteiger partial charge in [0.15, 0.2) is 5.76 Å². The zero-order valence-corrected chi connectivity index (χ0v) is 21.1. The molecular weight excluding hydrogens is 462 g/mol. The maximum Gasteiger partial charge on any atom is 0.278 e. The number of amides is 1. The maximum atomic E-state index is 14.0. The lowest BCUT2D eigenvalue weighted by Crippen LogP contribution is -2.60. The highest BCUT2D eigenvalue weighted by Gasteiger charge is 2.48. The summed E-state index contributed by atoms with van der Waals surface area (Å²) in [5.41, 5.74) is 6.78. The van der Waals surface area contributed by atoms with E-state index in [2.05, 4.69) is 53.8 Å². The molecule has 3 aliphatic rings. The third-order valence-electron chi connectivity index (χ3n) is 8.17. The van der Waals surface area contributed by atoms with Crippen LogP contribution in [0.4, 0.5) is 11.4 Å². The second kappa shape index (κ2) is 9.11. The molecule has 1 saturated heterocycles. The van der Waals surface area contributed by atoms with Crippen LogP contribution in [0.15, 0.2) is 84.3 Å². The zero-order chi connectivity index (χ0) is 25.7. The number of nitrogens with one attached hydrogen (secondary N) is 1. The normalized spacial score (nSPS) is 21.8. The number of nitrogens with zero attached hydrogens (tertiary/aromatic N) is 2. The molecule has 188 valence electrons. The highest BCUT2D eigenvalue weighted by molar-refractivity contribution is 6.13. The lowest BCUT2D eigenvalue weighted by molar-refractivity contribution is -0.128. The van der Waals surface area contributed by atoms with E-state index in [1.807, 2.05) is 43.1 Å². The molecule has 1 amide bonds. The molecular formula is C31H31N3O3. The van der Waals surface area contributed by atoms with Crippen molar-refractivity contribution in [3.63, 3.8) is 0 Å². The Bertz CT molecular complexity index is 1380. The van der Waals surface area contributed by atoms with Crippen LogP contribution < -0.4 is 10.2 Å². The summed E-state index contributed by atoms with van der Waals surface area (Å²) >= 11 is 0. The predicted octanol–water partition coefficient (Wildman–Crippen LogP) is 4.66. The number of para-hydroxylation sites is 2. The topological polar surface area (TPSA) is 72.9 Å². The fourth-order valence-corrected chi connectivity index (χ4v) is 6.37. The number of fused-ring (bicyclic) bond motifs is 3. The monoisotopic (exact) mass is 493 g/mol. The first-order valence-electron chi connectivity index (χ1n) is 13.0. The first-order chi connectivity index (χ1) is 18.0. The van der Waals surface area contributed by atoms with Gasteiger partial charge >= 0.3 is 0 Å². The maximum absolute atomic E-state index is 14.0. The molecule has 0 spiro atoms. The van der Waals surface area contributed by atoms with E-state index in [1.54, 1.807) is 4.90 Å². The van der Waals surface area contributed by atoms with Crippen molar-refractivity contribution in [1.29, 1.82) is 0 Å². The van der Waals surface area contributed by atoms with E-state index in [0.29, 0.717) is 13.1 Å². The van der Waals surface area contributed by atoms with Crippen LogP contribution in [0, 0.1) is 5.92 Å². The standard InChI is InChI=1S/C31H31N3O3/c1-19-17-33-26(27-22-11-5-3-9-20(22)15-16-21-10-4-6-12-23(21)27)18-34(25-14-8-7-13-24(25)32-2)31(37)28(33)30(36)29(19)35/h3-14,19,26-27,32,36H,15-18H2,1-2H3. The summed E-state index contributed by atoms with van der Waals surface area (Å²) in [6.45, 7) is 2.66. The van der Waals surface area contributed by atoms with Gasteiger partial charge in [0, 0.05) is 32.0 Å². The average molecular weight is 494 g/mol. The molecule has 6 heteroatoms. The summed E-state index contributed by atoms with van der Waals surface area (Å²) in [4.78, 5) is 30.6. The summed E-state index contributed by atoms with van der Waals surface area (Å²) in [6.07, 6.45) is 1.90. The number of allylic oxidation sites excluding steroid dienone is 1. The van der Waals surface area contributed by atoms with Crippen molar-refractivity contribution in [2.45, 2.75) is 31.7 Å². The molecule has 37 heavy (non-hydrogen) atoms. The van der Waals surface area contributed by atoms with E-state index < -0.39 is 11.7 Å². The Hall–Kier alpha value is -4.06. The number of aryl methyl sites for hydroxylation is 2. The molecule has 6 nitrogen and oxygen atoms in total. The van der Waals surface area contributed by atoms with Crippen molar-refractivity contribution in [1.82, 2.24) is 4.90 Å². The van der Waals surface area contributed by atoms with E-state index in [-0.39, 0.29) is 29.3 Å². The summed E-state index contributed by atoms with van der Waals surface area (Å²) < 4.78 is 0. The summed E-state index contributed by atoms with van der Waals surface area (Å²) in [7, 11) is 1.83. The van der Waals surface area contributed by atoms with Crippen molar-refractivity contribution in [2.75, 3.05) is 30.4 Å². The molecule has 2 unspecified atom stereocenters. The third kappa shape index (κ3) is 3.70. The van der Waals surface area contributed by atoms with E-state index in [4.69, 9.17) is 0 Å². The minimum atomic E-state index is -0.421. The molecule has 3 aromatic rings. The van der Waals surface area contributed by atoms with Gasteiger partial charge < -0.3 is 20.2 Å². The van der Waals surface area contributed by atoms with E-state index in [0.717, 1.165) is 24.2 Å². The molecule has 3 aromatic carbocycles. The van der Waals surface area contributed by atoms with E-state index in [9.17, 15) is 14.7 Å². The first-order valence-corrected chi connectivity index (χ1v) is 13.0. The van der Waals surface area contributed by atoms with Crippen LogP contribution in [0.1, 0.15) is 35.1 Å². The van der Waals surface area contributed by atoms with Gasteiger partial charge in [0.2, 0.25) is 5.78 Å². The molecule has 1 aliphatic carbocycles. The number of ketones is 1. The van der Waals surface area contributed by atoms with Gasteiger partial charge in [-0.25, -0.2) is 0 Å². The quantitative estimate of drug-likeness (QED) is 0.555. The van der Waals surface area contributed by atoms with Crippen molar-refractivity contribution >= 4 is 23.1 Å². The number of hydrogen-bond donors (Lipinski definition) is 2. The molecule has 2 heterocycles. The van der Waals surface area contributed by atoms with Gasteiger partial charge in [-0.2, -0.15) is 0 Å². The Morgan fingerprint density at radius 2 is 1.43 bits per heavy atom. The molecule has 0 bridgehead atoms. The number of aliphatic hydroxyl groups is 1. The van der Waals surface area contributed by atoms with Crippen LogP contribution >= 0.6 is 0 Å². The lowest BCUT2D eigenvalue weighted by Gasteiger charge is -2.49. The number of piperazine rings is 1. The summed E-state index contributed by atoms with van der Waals surface area (Å²) in [5.74, 6) is -1.56. The highest BCUT2D eigenvalue weighted by Crippen LogP contribution is 2.44. The number of carbonyl (C=O) groups excluding carboxylic acids is 2. The minimum Gasteiger partial charge on any atom is -0.503 e. The first kappa shape index (κ1) is 23.3. The molecule has 0 saturated carbocycles. The second-order valence-corrected chi connectivity index (χ2v) is 10.2. The molecule has 6 rings (SSSR count). The predicted molar refractivity (Wildman–Crippen MR) is 145 cm³/mol. The van der Waals surface area contributed by atoms with Crippen molar-refractivity contribution in [2.24, 2.45) is 5.92 Å². The van der Waals surface area contributed by atoms with Crippen molar-refractivity contribution in [3.05, 3.63) is 107 Å². The molecule has 2 N–H and O–H groups in total. The summed E-state index contributed by atoms with van der Waals surface area (Å²) in [6, 6.07) is 24.6. The Morgan fingerprint density at radius 3 is 2.08 bits per heavy atom. The summed E-state index contributed by atoms with van der Waals surface area (Å²) in [5, 5.41) is 14.3. The van der Waals surface area contributed by atoms with Gasteiger partial charge in [-0.15, -0.1) is 0 Å². The number of rotatable bonds is 3. The molecule has 2 atom stereocenters. The minimum absolute atomic E-state index is 0.0320. The number of benzene rings is 3. The molecule has 2 aliphatic heterocycles. The molecule has 0 radical (unpaired) electrons. The number of anilines is 2. The van der Waals surface area contributed by atoms with Crippen LogP contribution in [0.3, 0.4) is 0 Å². The van der Waals surface area contributed by atoms with Gasteiger partial charge in [0.1, 0.15) is 5.70 Å². The largest absolute Gasteiger partial charge is 0.503 e. The van der Waals surface area contributed by atoms with Gasteiger partial charge in [0.05, 0.1) is 17.4 Å². The number of hydrogen-bond acceptors (Lipinski definition) is 5. The van der Waals surface area contributed by atoms with Crippen LogP contribution in [-0.4, -0.2) is 47.9 Å². The van der Waals surface area contributed by atoms with Gasteiger partial charge in [0.25, 0.3) is 5.91 Å². The van der Waals surface area contributed by atoms with Crippen molar-refractivity contribution in [3.8, 4) is 0 Å². The van der Waals surface area contributed by atoms with Crippen LogP contribution in [0.25, 0.3) is 0 Å². The van der Waals surface area contributed by atoms with E-state index in [1.165, 1.54) is 22.3 Å². The van der Waals surface area contributed by atoms with Crippen LogP contribution in [-0.2, 0) is 22.4 Å². The number of carbonyl (C=O) groups is 2.